The SMILES string of the molecule is CCCN1CCCC(NC2CCC(=O)N(C)C2=O)CC1. The van der Waals surface area contributed by atoms with Gasteiger partial charge in [-0.2, -0.15) is 0 Å². The predicted octanol–water partition coefficient (Wildman–Crippen LogP) is 0.988. The Labute approximate surface area is 121 Å². The van der Waals surface area contributed by atoms with Crippen molar-refractivity contribution in [2.75, 3.05) is 26.7 Å². The fourth-order valence-corrected chi connectivity index (χ4v) is 3.22. The Kier molecular flexibility index (Phi) is 5.54. The minimum absolute atomic E-state index is 0.0527. The van der Waals surface area contributed by atoms with Crippen molar-refractivity contribution in [1.29, 1.82) is 0 Å². The lowest BCUT2D eigenvalue weighted by Crippen LogP contribution is -2.54. The normalized spacial score (nSPS) is 29.6. The van der Waals surface area contributed by atoms with Crippen molar-refractivity contribution >= 4 is 11.8 Å². The first kappa shape index (κ1) is 15.4. The van der Waals surface area contributed by atoms with Crippen LogP contribution in [0.3, 0.4) is 0 Å². The van der Waals surface area contributed by atoms with Crippen LogP contribution < -0.4 is 5.32 Å². The summed E-state index contributed by atoms with van der Waals surface area (Å²) in [6, 6.07) is 0.243. The molecule has 2 saturated heterocycles. The van der Waals surface area contributed by atoms with Gasteiger partial charge >= 0.3 is 0 Å². The van der Waals surface area contributed by atoms with Crippen molar-refractivity contribution in [3.05, 3.63) is 0 Å². The summed E-state index contributed by atoms with van der Waals surface area (Å²) in [6.07, 6.45) is 5.74. The van der Waals surface area contributed by atoms with E-state index in [0.717, 1.165) is 19.4 Å². The summed E-state index contributed by atoms with van der Waals surface area (Å²) in [4.78, 5) is 27.4. The molecule has 114 valence electrons. The maximum absolute atomic E-state index is 12.1. The highest BCUT2D eigenvalue weighted by Gasteiger charge is 2.33. The van der Waals surface area contributed by atoms with Gasteiger partial charge in [-0.15, -0.1) is 0 Å². The molecule has 2 unspecified atom stereocenters. The van der Waals surface area contributed by atoms with Gasteiger partial charge in [-0.25, -0.2) is 0 Å². The van der Waals surface area contributed by atoms with Gasteiger partial charge in [0.15, 0.2) is 0 Å². The predicted molar refractivity (Wildman–Crippen MR) is 78.3 cm³/mol. The molecule has 1 N–H and O–H groups in total. The number of hydrogen-bond acceptors (Lipinski definition) is 4. The van der Waals surface area contributed by atoms with E-state index < -0.39 is 0 Å². The van der Waals surface area contributed by atoms with E-state index in [1.54, 1.807) is 7.05 Å². The van der Waals surface area contributed by atoms with Gasteiger partial charge in [-0.1, -0.05) is 6.92 Å². The second kappa shape index (κ2) is 7.18. The zero-order chi connectivity index (χ0) is 14.5. The number of rotatable bonds is 4. The van der Waals surface area contributed by atoms with Gasteiger partial charge in [0, 0.05) is 19.5 Å². The van der Waals surface area contributed by atoms with Crippen molar-refractivity contribution in [3.8, 4) is 0 Å². The first-order valence-electron chi connectivity index (χ1n) is 7.90. The first-order chi connectivity index (χ1) is 9.61. The molecule has 5 nitrogen and oxygen atoms in total. The van der Waals surface area contributed by atoms with Gasteiger partial charge in [0.05, 0.1) is 6.04 Å². The van der Waals surface area contributed by atoms with Crippen LogP contribution in [0.1, 0.15) is 45.4 Å². The van der Waals surface area contributed by atoms with E-state index in [2.05, 4.69) is 17.1 Å². The van der Waals surface area contributed by atoms with E-state index >= 15 is 0 Å². The molecule has 0 aliphatic carbocycles. The van der Waals surface area contributed by atoms with E-state index in [1.807, 2.05) is 0 Å². The Hall–Kier alpha value is -0.940. The molecule has 2 aliphatic heterocycles. The molecular weight excluding hydrogens is 254 g/mol. The van der Waals surface area contributed by atoms with Crippen molar-refractivity contribution in [2.45, 2.75) is 57.5 Å². The van der Waals surface area contributed by atoms with E-state index in [1.165, 1.54) is 30.8 Å². The number of likely N-dealkylation sites (N-methyl/N-ethyl adjacent to an activating group) is 1. The number of hydrogen-bond donors (Lipinski definition) is 1. The summed E-state index contributed by atoms with van der Waals surface area (Å²) in [7, 11) is 1.59. The monoisotopic (exact) mass is 281 g/mol. The lowest BCUT2D eigenvalue weighted by atomic mass is 10.0. The Bertz CT molecular complexity index is 359. The van der Waals surface area contributed by atoms with Gasteiger partial charge in [-0.3, -0.25) is 14.5 Å². The number of carbonyl (C=O) groups is 2. The second-order valence-corrected chi connectivity index (χ2v) is 6.02. The van der Waals surface area contributed by atoms with Crippen LogP contribution in [0.15, 0.2) is 0 Å². The summed E-state index contributed by atoms with van der Waals surface area (Å²) in [5.41, 5.74) is 0. The molecule has 2 atom stereocenters. The highest BCUT2D eigenvalue weighted by Crippen LogP contribution is 2.16. The number of likely N-dealkylation sites (tertiary alicyclic amines) is 2. The second-order valence-electron chi connectivity index (χ2n) is 6.02. The maximum Gasteiger partial charge on any atom is 0.246 e. The quantitative estimate of drug-likeness (QED) is 0.781. The lowest BCUT2D eigenvalue weighted by Gasteiger charge is -2.31. The molecule has 2 amide bonds. The van der Waals surface area contributed by atoms with E-state index in [-0.39, 0.29) is 17.9 Å². The first-order valence-corrected chi connectivity index (χ1v) is 7.90. The van der Waals surface area contributed by atoms with Gasteiger partial charge in [0.1, 0.15) is 0 Å². The van der Waals surface area contributed by atoms with Crippen LogP contribution in [0, 0.1) is 0 Å². The van der Waals surface area contributed by atoms with E-state index in [9.17, 15) is 9.59 Å². The van der Waals surface area contributed by atoms with Crippen molar-refractivity contribution in [1.82, 2.24) is 15.1 Å². The van der Waals surface area contributed by atoms with Gasteiger partial charge < -0.3 is 10.2 Å². The third-order valence-electron chi connectivity index (χ3n) is 4.45. The Morgan fingerprint density at radius 2 is 2.00 bits per heavy atom. The molecule has 0 aromatic rings. The average Bonchev–Trinajstić information content (AvgIpc) is 2.66. The van der Waals surface area contributed by atoms with Crippen LogP contribution in [0.25, 0.3) is 0 Å². The van der Waals surface area contributed by atoms with Crippen molar-refractivity contribution in [3.63, 3.8) is 0 Å². The number of nitrogens with zero attached hydrogens (tertiary/aromatic N) is 2. The van der Waals surface area contributed by atoms with Crippen LogP contribution in [0.5, 0.6) is 0 Å². The third kappa shape index (κ3) is 3.79. The molecule has 2 aliphatic rings. The Balaban J connectivity index is 1.84. The molecule has 5 heteroatoms. The van der Waals surface area contributed by atoms with Gasteiger partial charge in [0.25, 0.3) is 0 Å². The number of imide groups is 1. The fourth-order valence-electron chi connectivity index (χ4n) is 3.22. The maximum atomic E-state index is 12.1. The highest BCUT2D eigenvalue weighted by molar-refractivity contribution is 6.00. The summed E-state index contributed by atoms with van der Waals surface area (Å²) < 4.78 is 0. The molecule has 0 aromatic carbocycles. The highest BCUT2D eigenvalue weighted by atomic mass is 16.2. The molecule has 2 fully saturated rings. The largest absolute Gasteiger partial charge is 0.303 e. The molecule has 2 heterocycles. The Morgan fingerprint density at radius 3 is 2.75 bits per heavy atom. The topological polar surface area (TPSA) is 52.7 Å². The number of piperidine rings is 1. The van der Waals surface area contributed by atoms with Crippen LogP contribution in [0.4, 0.5) is 0 Å². The lowest BCUT2D eigenvalue weighted by molar-refractivity contribution is -0.148. The van der Waals surface area contributed by atoms with Crippen molar-refractivity contribution < 1.29 is 9.59 Å². The molecular formula is C15H27N3O2. The minimum Gasteiger partial charge on any atom is -0.303 e. The summed E-state index contributed by atoms with van der Waals surface area (Å²) >= 11 is 0. The number of amides is 2. The zero-order valence-corrected chi connectivity index (χ0v) is 12.7. The van der Waals surface area contributed by atoms with Crippen LogP contribution in [0.2, 0.25) is 0 Å². The van der Waals surface area contributed by atoms with Gasteiger partial charge in [0.2, 0.25) is 11.8 Å². The molecule has 0 radical (unpaired) electrons. The summed E-state index contributed by atoms with van der Waals surface area (Å²) in [5.74, 6) is -0.112. The molecule has 0 bridgehead atoms. The standard InChI is InChI=1S/C15H27N3O2/c1-3-9-18-10-4-5-12(8-11-18)16-13-6-7-14(19)17(2)15(13)20/h12-13,16H,3-11H2,1-2H3. The Morgan fingerprint density at radius 1 is 1.20 bits per heavy atom. The molecule has 0 aromatic heterocycles. The smallest absolute Gasteiger partial charge is 0.246 e. The van der Waals surface area contributed by atoms with E-state index in [0.29, 0.717) is 18.9 Å². The summed E-state index contributed by atoms with van der Waals surface area (Å²) in [5, 5.41) is 3.49. The fraction of sp³-hybridized carbons (Fsp3) is 0.867. The van der Waals surface area contributed by atoms with E-state index in [4.69, 9.17) is 0 Å². The number of carbonyl (C=O) groups excluding carboxylic acids is 2. The molecule has 20 heavy (non-hydrogen) atoms. The van der Waals surface area contributed by atoms with Gasteiger partial charge in [-0.05, 0) is 51.7 Å². The van der Waals surface area contributed by atoms with Crippen LogP contribution in [-0.4, -0.2) is 60.4 Å². The minimum atomic E-state index is -0.166. The molecule has 0 saturated carbocycles. The van der Waals surface area contributed by atoms with Crippen LogP contribution in [-0.2, 0) is 9.59 Å². The van der Waals surface area contributed by atoms with Crippen molar-refractivity contribution in [2.24, 2.45) is 0 Å². The third-order valence-corrected chi connectivity index (χ3v) is 4.45. The average molecular weight is 281 g/mol. The molecule has 0 spiro atoms. The zero-order valence-electron chi connectivity index (χ0n) is 12.7. The van der Waals surface area contributed by atoms with Crippen LogP contribution >= 0.6 is 0 Å². The summed E-state index contributed by atoms with van der Waals surface area (Å²) in [6.45, 7) is 5.67. The molecule has 2 rings (SSSR count). The number of nitrogens with one attached hydrogen (secondary N) is 1.